The lowest BCUT2D eigenvalue weighted by atomic mass is 9.86. The smallest absolute Gasteiger partial charge is 0.126 e. The molecule has 0 aromatic heterocycles. The zero-order valence-electron chi connectivity index (χ0n) is 12.2. The molecule has 0 heterocycles. The van der Waals surface area contributed by atoms with E-state index in [1.54, 1.807) is 0 Å². The molecule has 0 bridgehead atoms. The van der Waals surface area contributed by atoms with E-state index in [-0.39, 0.29) is 12.1 Å². The van der Waals surface area contributed by atoms with E-state index in [0.29, 0.717) is 6.04 Å². The van der Waals surface area contributed by atoms with Gasteiger partial charge in [0.2, 0.25) is 0 Å². The van der Waals surface area contributed by atoms with E-state index in [4.69, 9.17) is 4.74 Å². The van der Waals surface area contributed by atoms with Crippen LogP contribution in [0.25, 0.3) is 0 Å². The standard InChI is InChI=1S/C17H25NO2/c1-12-6-2-3-10-15(12)20-16-11-5-9-14(17(16)19)18-13-7-4-8-13/h2-3,6,10,13-14,16-19H,4-5,7-9,11H2,1H3/t14-,16+,17+/m0/s1. The summed E-state index contributed by atoms with van der Waals surface area (Å²) in [5.41, 5.74) is 1.13. The van der Waals surface area contributed by atoms with Crippen molar-refractivity contribution in [1.82, 2.24) is 5.32 Å². The minimum absolute atomic E-state index is 0.0811. The molecule has 2 N–H and O–H groups in total. The van der Waals surface area contributed by atoms with Gasteiger partial charge in [-0.25, -0.2) is 0 Å². The normalized spacial score (nSPS) is 30.8. The Morgan fingerprint density at radius 2 is 1.85 bits per heavy atom. The van der Waals surface area contributed by atoms with Gasteiger partial charge >= 0.3 is 0 Å². The van der Waals surface area contributed by atoms with Gasteiger partial charge in [0.05, 0.1) is 0 Å². The van der Waals surface area contributed by atoms with Crippen LogP contribution in [0.15, 0.2) is 24.3 Å². The largest absolute Gasteiger partial charge is 0.487 e. The van der Waals surface area contributed by atoms with E-state index in [9.17, 15) is 5.11 Å². The highest BCUT2D eigenvalue weighted by molar-refractivity contribution is 5.32. The van der Waals surface area contributed by atoms with Crippen molar-refractivity contribution in [2.24, 2.45) is 0 Å². The second-order valence-electron chi connectivity index (χ2n) is 6.24. The zero-order valence-corrected chi connectivity index (χ0v) is 12.2. The summed E-state index contributed by atoms with van der Waals surface area (Å²) in [6, 6.07) is 8.86. The predicted molar refractivity (Wildman–Crippen MR) is 80.0 cm³/mol. The van der Waals surface area contributed by atoms with Crippen LogP contribution in [-0.4, -0.2) is 29.4 Å². The van der Waals surface area contributed by atoms with Gasteiger partial charge < -0.3 is 15.2 Å². The number of rotatable bonds is 4. The Hall–Kier alpha value is -1.06. The molecular formula is C17H25NO2. The molecule has 110 valence electrons. The number of ether oxygens (including phenoxy) is 1. The molecule has 0 aliphatic heterocycles. The Labute approximate surface area is 121 Å². The number of para-hydroxylation sites is 1. The van der Waals surface area contributed by atoms with Crippen molar-refractivity contribution in [2.45, 2.75) is 69.7 Å². The Morgan fingerprint density at radius 3 is 2.55 bits per heavy atom. The summed E-state index contributed by atoms with van der Waals surface area (Å²) < 4.78 is 6.07. The fourth-order valence-electron chi connectivity index (χ4n) is 3.18. The number of aliphatic hydroxyl groups excluding tert-OH is 1. The van der Waals surface area contributed by atoms with Crippen LogP contribution in [0.3, 0.4) is 0 Å². The molecule has 0 unspecified atom stereocenters. The van der Waals surface area contributed by atoms with Crippen molar-refractivity contribution in [3.8, 4) is 5.75 Å². The first kappa shape index (κ1) is 13.9. The molecule has 0 amide bonds. The van der Waals surface area contributed by atoms with Crippen LogP contribution in [0.2, 0.25) is 0 Å². The molecule has 3 heteroatoms. The van der Waals surface area contributed by atoms with Crippen LogP contribution in [0.5, 0.6) is 5.75 Å². The molecule has 2 fully saturated rings. The van der Waals surface area contributed by atoms with Crippen molar-refractivity contribution in [3.63, 3.8) is 0 Å². The number of benzene rings is 1. The lowest BCUT2D eigenvalue weighted by molar-refractivity contribution is -0.0208. The highest BCUT2D eigenvalue weighted by atomic mass is 16.5. The van der Waals surface area contributed by atoms with E-state index in [0.717, 1.165) is 30.6 Å². The molecule has 1 aromatic carbocycles. The third kappa shape index (κ3) is 2.99. The molecule has 1 aromatic rings. The molecule has 20 heavy (non-hydrogen) atoms. The zero-order chi connectivity index (χ0) is 13.9. The number of aliphatic hydroxyl groups is 1. The Morgan fingerprint density at radius 1 is 1.10 bits per heavy atom. The van der Waals surface area contributed by atoms with E-state index in [2.05, 4.69) is 18.3 Å². The molecule has 2 saturated carbocycles. The first-order valence-corrected chi connectivity index (χ1v) is 7.90. The molecule has 0 radical (unpaired) electrons. The van der Waals surface area contributed by atoms with Gasteiger partial charge in [-0.3, -0.25) is 0 Å². The number of hydrogen-bond donors (Lipinski definition) is 2. The third-order valence-corrected chi connectivity index (χ3v) is 4.72. The molecule has 3 nitrogen and oxygen atoms in total. The minimum atomic E-state index is -0.399. The van der Waals surface area contributed by atoms with Crippen LogP contribution in [0, 0.1) is 6.92 Å². The maximum absolute atomic E-state index is 10.6. The number of hydrogen-bond acceptors (Lipinski definition) is 3. The summed E-state index contributed by atoms with van der Waals surface area (Å²) in [5.74, 6) is 0.904. The first-order valence-electron chi connectivity index (χ1n) is 7.90. The molecule has 3 atom stereocenters. The van der Waals surface area contributed by atoms with Gasteiger partial charge in [-0.05, 0) is 50.7 Å². The molecule has 3 rings (SSSR count). The fourth-order valence-corrected chi connectivity index (χ4v) is 3.18. The van der Waals surface area contributed by atoms with E-state index in [1.807, 2.05) is 18.2 Å². The van der Waals surface area contributed by atoms with E-state index in [1.165, 1.54) is 19.3 Å². The lowest BCUT2D eigenvalue weighted by Gasteiger charge is -2.39. The van der Waals surface area contributed by atoms with Gasteiger partial charge in [-0.15, -0.1) is 0 Å². The monoisotopic (exact) mass is 275 g/mol. The minimum Gasteiger partial charge on any atom is -0.487 e. The summed E-state index contributed by atoms with van der Waals surface area (Å²) in [6.45, 7) is 2.05. The second-order valence-corrected chi connectivity index (χ2v) is 6.24. The highest BCUT2D eigenvalue weighted by Gasteiger charge is 2.35. The average molecular weight is 275 g/mol. The van der Waals surface area contributed by atoms with Crippen LogP contribution in [-0.2, 0) is 0 Å². The average Bonchev–Trinajstić information content (AvgIpc) is 2.40. The SMILES string of the molecule is Cc1ccccc1O[C@@H]1CCC[C@H](NC2CCC2)[C@H]1O. The third-order valence-electron chi connectivity index (χ3n) is 4.72. The summed E-state index contributed by atoms with van der Waals surface area (Å²) in [5, 5.41) is 14.2. The molecule has 0 saturated heterocycles. The Kier molecular flexibility index (Phi) is 4.27. The summed E-state index contributed by atoms with van der Waals surface area (Å²) >= 11 is 0. The van der Waals surface area contributed by atoms with E-state index >= 15 is 0 Å². The van der Waals surface area contributed by atoms with Crippen molar-refractivity contribution in [1.29, 1.82) is 0 Å². The molecule has 2 aliphatic carbocycles. The van der Waals surface area contributed by atoms with Gasteiger partial charge in [0.1, 0.15) is 18.0 Å². The van der Waals surface area contributed by atoms with Crippen LogP contribution in [0.1, 0.15) is 44.1 Å². The Bertz CT molecular complexity index is 444. The van der Waals surface area contributed by atoms with Crippen molar-refractivity contribution >= 4 is 0 Å². The van der Waals surface area contributed by atoms with Gasteiger partial charge in [0.25, 0.3) is 0 Å². The van der Waals surface area contributed by atoms with E-state index < -0.39 is 6.10 Å². The maximum atomic E-state index is 10.6. The van der Waals surface area contributed by atoms with Crippen LogP contribution < -0.4 is 10.1 Å². The topological polar surface area (TPSA) is 41.5 Å². The summed E-state index contributed by atoms with van der Waals surface area (Å²) in [7, 11) is 0. The van der Waals surface area contributed by atoms with Gasteiger partial charge in [-0.2, -0.15) is 0 Å². The Balaban J connectivity index is 1.62. The lowest BCUT2D eigenvalue weighted by Crippen LogP contribution is -2.55. The van der Waals surface area contributed by atoms with Gasteiger partial charge in [-0.1, -0.05) is 24.6 Å². The first-order chi connectivity index (χ1) is 9.74. The summed E-state index contributed by atoms with van der Waals surface area (Å²) in [6.07, 6.45) is 6.48. The fraction of sp³-hybridized carbons (Fsp3) is 0.647. The quantitative estimate of drug-likeness (QED) is 0.888. The second kappa shape index (κ2) is 6.15. The van der Waals surface area contributed by atoms with Crippen molar-refractivity contribution in [3.05, 3.63) is 29.8 Å². The van der Waals surface area contributed by atoms with Gasteiger partial charge in [0.15, 0.2) is 0 Å². The molecule has 0 spiro atoms. The van der Waals surface area contributed by atoms with Crippen molar-refractivity contribution in [2.75, 3.05) is 0 Å². The van der Waals surface area contributed by atoms with Crippen LogP contribution in [0.4, 0.5) is 0 Å². The number of nitrogens with one attached hydrogen (secondary N) is 1. The highest BCUT2D eigenvalue weighted by Crippen LogP contribution is 2.28. The van der Waals surface area contributed by atoms with Crippen LogP contribution >= 0.6 is 0 Å². The molecular weight excluding hydrogens is 250 g/mol. The maximum Gasteiger partial charge on any atom is 0.126 e. The predicted octanol–water partition coefficient (Wildman–Crippen LogP) is 2.80. The van der Waals surface area contributed by atoms with Crippen molar-refractivity contribution < 1.29 is 9.84 Å². The van der Waals surface area contributed by atoms with Gasteiger partial charge in [0, 0.05) is 12.1 Å². The summed E-state index contributed by atoms with van der Waals surface area (Å²) in [4.78, 5) is 0. The molecule has 2 aliphatic rings. The number of aryl methyl sites for hydroxylation is 1.